The minimum atomic E-state index is -0.138. The van der Waals surface area contributed by atoms with E-state index >= 15 is 0 Å². The fourth-order valence-electron chi connectivity index (χ4n) is 1.66. The highest BCUT2D eigenvalue weighted by Gasteiger charge is 2.10. The third kappa shape index (κ3) is 2.29. The van der Waals surface area contributed by atoms with Gasteiger partial charge in [-0.2, -0.15) is 10.4 Å². The van der Waals surface area contributed by atoms with Crippen LogP contribution in [0.15, 0.2) is 42.6 Å². The number of aromatic nitrogens is 2. The molecule has 0 spiro atoms. The molecule has 0 amide bonds. The van der Waals surface area contributed by atoms with Gasteiger partial charge in [0, 0.05) is 6.20 Å². The van der Waals surface area contributed by atoms with E-state index in [0.29, 0.717) is 6.54 Å². The van der Waals surface area contributed by atoms with Crippen LogP contribution in [0.3, 0.4) is 0 Å². The monoisotopic (exact) mass is 211 g/mol. The van der Waals surface area contributed by atoms with E-state index in [1.165, 1.54) is 0 Å². The van der Waals surface area contributed by atoms with E-state index in [1.54, 1.807) is 0 Å². The van der Waals surface area contributed by atoms with Crippen molar-refractivity contribution in [2.24, 2.45) is 0 Å². The van der Waals surface area contributed by atoms with Gasteiger partial charge >= 0.3 is 0 Å². The molecule has 1 aromatic heterocycles. The van der Waals surface area contributed by atoms with E-state index in [0.717, 1.165) is 11.3 Å². The molecule has 0 saturated carbocycles. The van der Waals surface area contributed by atoms with Crippen molar-refractivity contribution >= 4 is 0 Å². The van der Waals surface area contributed by atoms with Gasteiger partial charge in [0.2, 0.25) is 0 Å². The number of aryl methyl sites for hydroxylation is 1. The second-order valence-corrected chi connectivity index (χ2v) is 3.77. The Morgan fingerprint density at radius 1 is 1.31 bits per heavy atom. The van der Waals surface area contributed by atoms with Crippen LogP contribution in [0, 0.1) is 18.3 Å². The highest BCUT2D eigenvalue weighted by molar-refractivity contribution is 5.24. The number of nitriles is 1. The van der Waals surface area contributed by atoms with E-state index in [1.807, 2.05) is 54.2 Å². The van der Waals surface area contributed by atoms with Gasteiger partial charge in [-0.25, -0.2) is 0 Å². The van der Waals surface area contributed by atoms with Crippen LogP contribution < -0.4 is 0 Å². The fourth-order valence-corrected chi connectivity index (χ4v) is 1.66. The summed E-state index contributed by atoms with van der Waals surface area (Å²) in [5, 5.41) is 13.4. The number of nitrogens with zero attached hydrogens (tertiary/aromatic N) is 3. The zero-order chi connectivity index (χ0) is 11.4. The molecule has 0 N–H and O–H groups in total. The Hall–Kier alpha value is -2.08. The molecule has 0 bridgehead atoms. The van der Waals surface area contributed by atoms with Gasteiger partial charge in [-0.15, -0.1) is 0 Å². The first-order chi connectivity index (χ1) is 7.79. The predicted molar refractivity (Wildman–Crippen MR) is 61.8 cm³/mol. The first-order valence-corrected chi connectivity index (χ1v) is 5.24. The Morgan fingerprint density at radius 3 is 2.62 bits per heavy atom. The lowest BCUT2D eigenvalue weighted by Gasteiger charge is -2.09. The Labute approximate surface area is 94.9 Å². The molecule has 0 fully saturated rings. The molecule has 3 nitrogen and oxygen atoms in total. The van der Waals surface area contributed by atoms with Gasteiger partial charge in [-0.05, 0) is 18.6 Å². The molecule has 1 atom stereocenters. The molecule has 0 aliphatic carbocycles. The smallest absolute Gasteiger partial charge is 0.0908 e. The minimum absolute atomic E-state index is 0.138. The van der Waals surface area contributed by atoms with Crippen LogP contribution in [0.25, 0.3) is 0 Å². The highest BCUT2D eigenvalue weighted by atomic mass is 15.3. The third-order valence-corrected chi connectivity index (χ3v) is 2.50. The molecule has 0 saturated heterocycles. The number of hydrogen-bond acceptors (Lipinski definition) is 2. The van der Waals surface area contributed by atoms with Crippen molar-refractivity contribution in [3.8, 4) is 6.07 Å². The Kier molecular flexibility index (Phi) is 3.02. The molecule has 0 aliphatic heterocycles. The van der Waals surface area contributed by atoms with E-state index in [9.17, 15) is 0 Å². The molecular formula is C13H13N3. The zero-order valence-electron chi connectivity index (χ0n) is 9.17. The van der Waals surface area contributed by atoms with Crippen molar-refractivity contribution in [3.05, 3.63) is 53.9 Å². The Morgan fingerprint density at radius 2 is 2.06 bits per heavy atom. The number of hydrogen-bond donors (Lipinski definition) is 0. The van der Waals surface area contributed by atoms with Crippen molar-refractivity contribution in [2.45, 2.75) is 19.4 Å². The van der Waals surface area contributed by atoms with Crippen LogP contribution in [0.2, 0.25) is 0 Å². The fraction of sp³-hybridized carbons (Fsp3) is 0.231. The maximum atomic E-state index is 9.16. The van der Waals surface area contributed by atoms with E-state index < -0.39 is 0 Å². The van der Waals surface area contributed by atoms with Crippen LogP contribution in [0.1, 0.15) is 17.2 Å². The van der Waals surface area contributed by atoms with Gasteiger partial charge in [-0.3, -0.25) is 4.68 Å². The van der Waals surface area contributed by atoms with Gasteiger partial charge in [0.15, 0.2) is 0 Å². The van der Waals surface area contributed by atoms with Gasteiger partial charge in [-0.1, -0.05) is 30.3 Å². The highest BCUT2D eigenvalue weighted by Crippen LogP contribution is 2.16. The Bertz CT molecular complexity index is 493. The van der Waals surface area contributed by atoms with Gasteiger partial charge in [0.25, 0.3) is 0 Å². The van der Waals surface area contributed by atoms with E-state index in [2.05, 4.69) is 11.2 Å². The minimum Gasteiger partial charge on any atom is -0.271 e. The summed E-state index contributed by atoms with van der Waals surface area (Å²) in [4.78, 5) is 0. The average molecular weight is 211 g/mol. The topological polar surface area (TPSA) is 41.6 Å². The normalized spacial score (nSPS) is 12.0. The van der Waals surface area contributed by atoms with Crippen molar-refractivity contribution in [3.63, 3.8) is 0 Å². The lowest BCUT2D eigenvalue weighted by Crippen LogP contribution is -2.08. The standard InChI is InChI=1S/C13H13N3/c1-11-7-8-16(15-11)10-13(9-14)12-5-3-2-4-6-12/h2-8,13H,10H2,1H3. The lowest BCUT2D eigenvalue weighted by molar-refractivity contribution is 0.575. The molecule has 1 aromatic carbocycles. The molecule has 16 heavy (non-hydrogen) atoms. The maximum Gasteiger partial charge on any atom is 0.0908 e. The Balaban J connectivity index is 2.16. The van der Waals surface area contributed by atoms with Crippen LogP contribution in [0.4, 0.5) is 0 Å². The average Bonchev–Trinajstić information content (AvgIpc) is 2.73. The van der Waals surface area contributed by atoms with Gasteiger partial charge < -0.3 is 0 Å². The van der Waals surface area contributed by atoms with Crippen molar-refractivity contribution < 1.29 is 0 Å². The first-order valence-electron chi connectivity index (χ1n) is 5.24. The molecular weight excluding hydrogens is 198 g/mol. The zero-order valence-corrected chi connectivity index (χ0v) is 9.17. The molecule has 1 unspecified atom stereocenters. The quantitative estimate of drug-likeness (QED) is 0.782. The number of benzene rings is 1. The molecule has 3 heteroatoms. The second-order valence-electron chi connectivity index (χ2n) is 3.77. The van der Waals surface area contributed by atoms with Crippen LogP contribution in [-0.4, -0.2) is 9.78 Å². The van der Waals surface area contributed by atoms with Crippen molar-refractivity contribution in [1.82, 2.24) is 9.78 Å². The summed E-state index contributed by atoms with van der Waals surface area (Å²) in [6.45, 7) is 2.55. The summed E-state index contributed by atoms with van der Waals surface area (Å²) >= 11 is 0. The molecule has 2 aromatic rings. The van der Waals surface area contributed by atoms with Crippen LogP contribution >= 0.6 is 0 Å². The molecule has 2 rings (SSSR count). The van der Waals surface area contributed by atoms with Crippen LogP contribution in [-0.2, 0) is 6.54 Å². The van der Waals surface area contributed by atoms with Crippen molar-refractivity contribution in [2.75, 3.05) is 0 Å². The number of rotatable bonds is 3. The summed E-state index contributed by atoms with van der Waals surface area (Å²) < 4.78 is 1.82. The molecule has 1 heterocycles. The largest absolute Gasteiger partial charge is 0.271 e. The molecule has 0 radical (unpaired) electrons. The molecule has 0 aliphatic rings. The van der Waals surface area contributed by atoms with E-state index in [4.69, 9.17) is 5.26 Å². The summed E-state index contributed by atoms with van der Waals surface area (Å²) in [7, 11) is 0. The second kappa shape index (κ2) is 4.63. The first kappa shape index (κ1) is 10.4. The summed E-state index contributed by atoms with van der Waals surface area (Å²) in [5.41, 5.74) is 2.02. The maximum absolute atomic E-state index is 9.16. The summed E-state index contributed by atoms with van der Waals surface area (Å²) in [5.74, 6) is -0.138. The predicted octanol–water partition coefficient (Wildman–Crippen LogP) is 2.50. The van der Waals surface area contributed by atoms with E-state index in [-0.39, 0.29) is 5.92 Å². The SMILES string of the molecule is Cc1ccn(CC(C#N)c2ccccc2)n1. The van der Waals surface area contributed by atoms with Crippen LogP contribution in [0.5, 0.6) is 0 Å². The van der Waals surface area contributed by atoms with Gasteiger partial charge in [0.05, 0.1) is 24.2 Å². The van der Waals surface area contributed by atoms with Gasteiger partial charge in [0.1, 0.15) is 0 Å². The lowest BCUT2D eigenvalue weighted by atomic mass is 10.0. The third-order valence-electron chi connectivity index (χ3n) is 2.50. The summed E-state index contributed by atoms with van der Waals surface area (Å²) in [6, 6.07) is 14.1. The summed E-state index contributed by atoms with van der Waals surface area (Å²) in [6.07, 6.45) is 1.91. The van der Waals surface area contributed by atoms with Crippen molar-refractivity contribution in [1.29, 1.82) is 5.26 Å². The molecule has 80 valence electrons.